The molecule has 1 aliphatic heterocycles. The molecule has 0 unspecified atom stereocenters. The number of nitro benzene ring substituents is 1. The van der Waals surface area contributed by atoms with Crippen molar-refractivity contribution < 1.29 is 19.2 Å². The molecule has 3 rings (SSSR count). The molecule has 138 valence electrons. The van der Waals surface area contributed by atoms with Gasteiger partial charge >= 0.3 is 5.97 Å². The number of nitrogens with zero attached hydrogens (tertiary/aromatic N) is 2. The molecule has 7 heteroatoms. The van der Waals surface area contributed by atoms with Crippen molar-refractivity contribution in [1.29, 1.82) is 0 Å². The van der Waals surface area contributed by atoms with E-state index in [0.717, 1.165) is 11.1 Å². The molecule has 0 aliphatic carbocycles. The summed E-state index contributed by atoms with van der Waals surface area (Å²) in [5, 5.41) is 10.7. The first kappa shape index (κ1) is 18.3. The number of carbonyl (C=O) groups excluding carboxylic acids is 2. The third-order valence-electron chi connectivity index (χ3n) is 4.38. The van der Waals surface area contributed by atoms with Crippen molar-refractivity contribution in [3.05, 3.63) is 81.5 Å². The van der Waals surface area contributed by atoms with Gasteiger partial charge in [-0.1, -0.05) is 24.3 Å². The Morgan fingerprint density at radius 1 is 1.15 bits per heavy atom. The number of nitro groups is 1. The topological polar surface area (TPSA) is 89.8 Å². The fourth-order valence-corrected chi connectivity index (χ4v) is 3.01. The van der Waals surface area contributed by atoms with E-state index in [1.165, 1.54) is 24.0 Å². The molecule has 0 aromatic heterocycles. The van der Waals surface area contributed by atoms with Crippen LogP contribution in [0.5, 0.6) is 0 Å². The molecule has 0 saturated heterocycles. The van der Waals surface area contributed by atoms with Crippen LogP contribution in [-0.2, 0) is 20.9 Å². The second kappa shape index (κ2) is 7.82. The maximum absolute atomic E-state index is 12.3. The van der Waals surface area contributed by atoms with Crippen LogP contribution in [0.15, 0.2) is 54.7 Å². The van der Waals surface area contributed by atoms with Crippen LogP contribution in [-0.4, -0.2) is 21.7 Å². The molecule has 0 spiro atoms. The van der Waals surface area contributed by atoms with E-state index in [4.69, 9.17) is 4.74 Å². The summed E-state index contributed by atoms with van der Waals surface area (Å²) in [4.78, 5) is 36.0. The van der Waals surface area contributed by atoms with Gasteiger partial charge in [0, 0.05) is 25.3 Å². The quantitative estimate of drug-likeness (QED) is 0.458. The Bertz CT molecular complexity index is 905. The summed E-state index contributed by atoms with van der Waals surface area (Å²) < 4.78 is 5.30. The lowest BCUT2D eigenvalue weighted by molar-refractivity contribution is -0.384. The molecule has 2 aromatic rings. The number of hydrogen-bond acceptors (Lipinski definition) is 5. The average molecular weight is 366 g/mol. The number of ether oxygens (including phenoxy) is 1. The van der Waals surface area contributed by atoms with E-state index in [2.05, 4.69) is 0 Å². The smallest absolute Gasteiger partial charge is 0.308 e. The second-order valence-corrected chi connectivity index (χ2v) is 6.18. The molecule has 1 aliphatic rings. The molecule has 7 nitrogen and oxygen atoms in total. The van der Waals surface area contributed by atoms with Crippen molar-refractivity contribution in [3.63, 3.8) is 0 Å². The summed E-state index contributed by atoms with van der Waals surface area (Å²) >= 11 is 0. The highest BCUT2D eigenvalue weighted by molar-refractivity contribution is 5.80. The average Bonchev–Trinajstić information content (AvgIpc) is 2.66. The Kier molecular flexibility index (Phi) is 5.30. The van der Waals surface area contributed by atoms with Crippen LogP contribution in [0.25, 0.3) is 6.08 Å². The monoisotopic (exact) mass is 366 g/mol. The Balaban J connectivity index is 1.67. The molecule has 0 fully saturated rings. The number of hydrogen-bond donors (Lipinski definition) is 0. The Morgan fingerprint density at radius 2 is 1.85 bits per heavy atom. The first-order valence-corrected chi connectivity index (χ1v) is 8.40. The number of fused-ring (bicyclic) bond motifs is 1. The van der Waals surface area contributed by atoms with Crippen molar-refractivity contribution in [2.75, 3.05) is 0 Å². The van der Waals surface area contributed by atoms with E-state index in [-0.39, 0.29) is 24.6 Å². The van der Waals surface area contributed by atoms with Gasteiger partial charge in [-0.05, 0) is 34.9 Å². The van der Waals surface area contributed by atoms with Crippen LogP contribution >= 0.6 is 0 Å². The summed E-state index contributed by atoms with van der Waals surface area (Å²) in [6.07, 6.45) is 3.54. The Morgan fingerprint density at radius 3 is 2.52 bits per heavy atom. The lowest BCUT2D eigenvalue weighted by Gasteiger charge is -2.32. The van der Waals surface area contributed by atoms with E-state index >= 15 is 0 Å². The van der Waals surface area contributed by atoms with Gasteiger partial charge in [0.15, 0.2) is 0 Å². The molecule has 0 N–H and O–H groups in total. The van der Waals surface area contributed by atoms with Crippen LogP contribution < -0.4 is 0 Å². The van der Waals surface area contributed by atoms with Crippen LogP contribution in [0.3, 0.4) is 0 Å². The Labute approximate surface area is 156 Å². The minimum Gasteiger partial charge on any atom is -0.461 e. The first-order chi connectivity index (χ1) is 13.0. The molecule has 27 heavy (non-hydrogen) atoms. The predicted octanol–water partition coefficient (Wildman–Crippen LogP) is 3.60. The third kappa shape index (κ3) is 4.20. The van der Waals surface area contributed by atoms with E-state index in [9.17, 15) is 19.7 Å². The number of amides is 1. The maximum atomic E-state index is 12.3. The lowest BCUT2D eigenvalue weighted by atomic mass is 9.94. The second-order valence-electron chi connectivity index (χ2n) is 6.18. The first-order valence-electron chi connectivity index (χ1n) is 8.40. The van der Waals surface area contributed by atoms with Crippen molar-refractivity contribution >= 4 is 23.6 Å². The zero-order chi connectivity index (χ0) is 19.4. The van der Waals surface area contributed by atoms with Crippen LogP contribution in [0.4, 0.5) is 5.69 Å². The third-order valence-corrected chi connectivity index (χ3v) is 4.38. The minimum absolute atomic E-state index is 0.0150. The standard InChI is InChI=1S/C20H18N2O5/c1-14(23)21-11-10-16-4-2-3-5-18(16)19(21)12-20(24)27-13-15-6-8-17(9-7-15)22(25)26/h2-11,19H,12-13H2,1H3/t19-/m1/s1. The van der Waals surface area contributed by atoms with Crippen LogP contribution in [0.1, 0.15) is 36.1 Å². The molecule has 1 heterocycles. The zero-order valence-corrected chi connectivity index (χ0v) is 14.7. The molecule has 0 bridgehead atoms. The van der Waals surface area contributed by atoms with Crippen molar-refractivity contribution in [3.8, 4) is 0 Å². The number of benzene rings is 2. The molecule has 1 atom stereocenters. The summed E-state index contributed by atoms with van der Waals surface area (Å²) in [5.74, 6) is -0.608. The van der Waals surface area contributed by atoms with Gasteiger partial charge in [-0.3, -0.25) is 19.7 Å². The van der Waals surface area contributed by atoms with E-state index in [0.29, 0.717) is 5.56 Å². The summed E-state index contributed by atoms with van der Waals surface area (Å²) in [6, 6.07) is 13.0. The van der Waals surface area contributed by atoms with Crippen molar-refractivity contribution in [1.82, 2.24) is 4.90 Å². The molecular formula is C20H18N2O5. The van der Waals surface area contributed by atoms with E-state index in [1.807, 2.05) is 30.3 Å². The van der Waals surface area contributed by atoms with Crippen molar-refractivity contribution in [2.45, 2.75) is 26.0 Å². The number of esters is 1. The van der Waals surface area contributed by atoms with Gasteiger partial charge in [-0.15, -0.1) is 0 Å². The van der Waals surface area contributed by atoms with Gasteiger partial charge in [0.05, 0.1) is 17.4 Å². The van der Waals surface area contributed by atoms with Crippen molar-refractivity contribution in [2.24, 2.45) is 0 Å². The largest absolute Gasteiger partial charge is 0.461 e. The fourth-order valence-electron chi connectivity index (χ4n) is 3.01. The van der Waals surface area contributed by atoms with E-state index in [1.54, 1.807) is 18.3 Å². The van der Waals surface area contributed by atoms with Gasteiger partial charge in [-0.25, -0.2) is 0 Å². The highest BCUT2D eigenvalue weighted by Crippen LogP contribution is 2.33. The molecule has 0 saturated carbocycles. The number of rotatable bonds is 5. The highest BCUT2D eigenvalue weighted by atomic mass is 16.6. The summed E-state index contributed by atoms with van der Waals surface area (Å²) in [7, 11) is 0. The van der Waals surface area contributed by atoms with Crippen LogP contribution in [0.2, 0.25) is 0 Å². The van der Waals surface area contributed by atoms with Crippen LogP contribution in [0, 0.1) is 10.1 Å². The maximum Gasteiger partial charge on any atom is 0.308 e. The van der Waals surface area contributed by atoms with Gasteiger partial charge in [-0.2, -0.15) is 0 Å². The lowest BCUT2D eigenvalue weighted by Crippen LogP contribution is -2.32. The zero-order valence-electron chi connectivity index (χ0n) is 14.7. The van der Waals surface area contributed by atoms with Gasteiger partial charge in [0.1, 0.15) is 6.61 Å². The van der Waals surface area contributed by atoms with E-state index < -0.39 is 16.9 Å². The summed E-state index contributed by atoms with van der Waals surface area (Å²) in [5.41, 5.74) is 2.49. The van der Waals surface area contributed by atoms with Gasteiger partial charge in [0.2, 0.25) is 5.91 Å². The molecule has 2 aromatic carbocycles. The SMILES string of the molecule is CC(=O)N1C=Cc2ccccc2[C@H]1CC(=O)OCc1ccc([N+](=O)[O-])cc1. The van der Waals surface area contributed by atoms with Gasteiger partial charge < -0.3 is 9.64 Å². The molecular weight excluding hydrogens is 348 g/mol. The number of non-ortho nitro benzene ring substituents is 1. The predicted molar refractivity (Wildman–Crippen MR) is 98.2 cm³/mol. The minimum atomic E-state index is -0.486. The molecule has 0 radical (unpaired) electrons. The normalized spacial score (nSPS) is 15.1. The Hall–Kier alpha value is -3.48. The van der Waals surface area contributed by atoms with Gasteiger partial charge in [0.25, 0.3) is 5.69 Å². The highest BCUT2D eigenvalue weighted by Gasteiger charge is 2.28. The summed E-state index contributed by atoms with van der Waals surface area (Å²) in [6.45, 7) is 1.47. The molecule has 1 amide bonds. The number of carbonyl (C=O) groups is 2. The fraction of sp³-hybridized carbons (Fsp3) is 0.200.